The lowest BCUT2D eigenvalue weighted by Crippen LogP contribution is -2.41. The van der Waals surface area contributed by atoms with Crippen LogP contribution in [0.2, 0.25) is 6.32 Å². The van der Waals surface area contributed by atoms with E-state index in [1.165, 1.54) is 44.1 Å². The number of para-hydroxylation sites is 1. The molecule has 3 nitrogen and oxygen atoms in total. The summed E-state index contributed by atoms with van der Waals surface area (Å²) in [6.45, 7) is 10.8. The van der Waals surface area contributed by atoms with E-state index in [4.69, 9.17) is 14.0 Å². The van der Waals surface area contributed by atoms with E-state index < -0.39 is 0 Å². The molecule has 0 radical (unpaired) electrons. The van der Waals surface area contributed by atoms with Crippen molar-refractivity contribution in [2.24, 2.45) is 0 Å². The number of unbranched alkanes of at least 4 members (excludes halogenated alkanes) is 5. The molecule has 3 rings (SSSR count). The van der Waals surface area contributed by atoms with E-state index in [2.05, 4.69) is 58.9 Å². The highest BCUT2D eigenvalue weighted by atomic mass is 16.7. The van der Waals surface area contributed by atoms with Gasteiger partial charge in [-0.1, -0.05) is 57.2 Å². The van der Waals surface area contributed by atoms with E-state index in [1.54, 1.807) is 0 Å². The van der Waals surface area contributed by atoms with Crippen LogP contribution in [0.4, 0.5) is 0 Å². The first kappa shape index (κ1) is 21.7. The predicted octanol–water partition coefficient (Wildman–Crippen LogP) is 6.76. The van der Waals surface area contributed by atoms with E-state index in [-0.39, 0.29) is 18.3 Å². The summed E-state index contributed by atoms with van der Waals surface area (Å²) in [6.07, 6.45) is 11.4. The molecule has 156 valence electrons. The normalized spacial score (nSPS) is 25.0. The van der Waals surface area contributed by atoms with Crippen molar-refractivity contribution in [1.82, 2.24) is 0 Å². The van der Waals surface area contributed by atoms with Crippen molar-refractivity contribution in [3.05, 3.63) is 29.8 Å². The third-order valence-electron chi connectivity index (χ3n) is 6.90. The third-order valence-corrected chi connectivity index (χ3v) is 6.90. The molecule has 0 N–H and O–H groups in total. The SMILES string of the molecule is CCCCCCCC[C@@H]1Oc2ccccc2[C@H]1CCB1OC(C)(C)C(C)(C)O1. The van der Waals surface area contributed by atoms with Gasteiger partial charge in [-0.05, 0) is 59.3 Å². The predicted molar refractivity (Wildman–Crippen MR) is 117 cm³/mol. The van der Waals surface area contributed by atoms with Crippen molar-refractivity contribution >= 4 is 7.12 Å². The Morgan fingerprint density at radius 3 is 2.21 bits per heavy atom. The van der Waals surface area contributed by atoms with Crippen LogP contribution in [-0.2, 0) is 9.31 Å². The van der Waals surface area contributed by atoms with Gasteiger partial charge < -0.3 is 14.0 Å². The maximum absolute atomic E-state index is 6.36. The molecular formula is C24H39BO3. The summed E-state index contributed by atoms with van der Waals surface area (Å²) in [5, 5.41) is 0. The van der Waals surface area contributed by atoms with Crippen LogP contribution in [0.1, 0.15) is 97.5 Å². The molecule has 1 saturated heterocycles. The van der Waals surface area contributed by atoms with Crippen LogP contribution < -0.4 is 4.74 Å². The van der Waals surface area contributed by atoms with Gasteiger partial charge in [-0.2, -0.15) is 0 Å². The molecule has 0 saturated carbocycles. The highest BCUT2D eigenvalue weighted by molar-refractivity contribution is 6.45. The number of benzene rings is 1. The van der Waals surface area contributed by atoms with Crippen molar-refractivity contribution in [2.45, 2.75) is 116 Å². The van der Waals surface area contributed by atoms with E-state index in [1.807, 2.05) is 0 Å². The van der Waals surface area contributed by atoms with E-state index in [0.29, 0.717) is 12.0 Å². The molecule has 1 fully saturated rings. The average Bonchev–Trinajstić information content (AvgIpc) is 3.09. The molecule has 2 aliphatic rings. The molecule has 2 heterocycles. The van der Waals surface area contributed by atoms with Gasteiger partial charge >= 0.3 is 7.12 Å². The molecule has 1 aromatic carbocycles. The minimum Gasteiger partial charge on any atom is -0.489 e. The molecule has 28 heavy (non-hydrogen) atoms. The lowest BCUT2D eigenvalue weighted by molar-refractivity contribution is 0.00578. The number of fused-ring (bicyclic) bond motifs is 1. The fourth-order valence-corrected chi connectivity index (χ4v) is 4.47. The van der Waals surface area contributed by atoms with Crippen LogP contribution in [0.15, 0.2) is 24.3 Å². The molecule has 2 aliphatic heterocycles. The van der Waals surface area contributed by atoms with Crippen LogP contribution in [0.25, 0.3) is 0 Å². The maximum atomic E-state index is 6.36. The second kappa shape index (κ2) is 9.22. The smallest absolute Gasteiger partial charge is 0.457 e. The minimum atomic E-state index is -0.250. The van der Waals surface area contributed by atoms with Gasteiger partial charge in [0.25, 0.3) is 0 Å². The fourth-order valence-electron chi connectivity index (χ4n) is 4.47. The van der Waals surface area contributed by atoms with Crippen molar-refractivity contribution in [3.63, 3.8) is 0 Å². The summed E-state index contributed by atoms with van der Waals surface area (Å²) in [5.41, 5.74) is 0.870. The summed E-state index contributed by atoms with van der Waals surface area (Å²) in [6, 6.07) is 8.58. The number of hydrogen-bond donors (Lipinski definition) is 0. The van der Waals surface area contributed by atoms with Crippen LogP contribution in [0.5, 0.6) is 5.75 Å². The Kier molecular flexibility index (Phi) is 7.14. The summed E-state index contributed by atoms with van der Waals surface area (Å²) < 4.78 is 18.8. The topological polar surface area (TPSA) is 27.7 Å². The first-order valence-corrected chi connectivity index (χ1v) is 11.5. The molecule has 1 aromatic rings. The molecule has 0 spiro atoms. The third kappa shape index (κ3) is 4.94. The van der Waals surface area contributed by atoms with E-state index in [9.17, 15) is 0 Å². The number of ether oxygens (including phenoxy) is 1. The lowest BCUT2D eigenvalue weighted by Gasteiger charge is -2.32. The average molecular weight is 386 g/mol. The number of hydrogen-bond acceptors (Lipinski definition) is 3. The van der Waals surface area contributed by atoms with Crippen molar-refractivity contribution in [3.8, 4) is 5.75 Å². The zero-order valence-corrected chi connectivity index (χ0v) is 18.6. The Morgan fingerprint density at radius 1 is 0.857 bits per heavy atom. The van der Waals surface area contributed by atoms with Crippen LogP contribution in [0, 0.1) is 0 Å². The zero-order chi connectivity index (χ0) is 20.2. The van der Waals surface area contributed by atoms with Gasteiger partial charge in [-0.25, -0.2) is 0 Å². The van der Waals surface area contributed by atoms with E-state index >= 15 is 0 Å². The molecule has 0 bridgehead atoms. The minimum absolute atomic E-state index is 0.118. The van der Waals surface area contributed by atoms with Crippen molar-refractivity contribution in [1.29, 1.82) is 0 Å². The van der Waals surface area contributed by atoms with Crippen LogP contribution >= 0.6 is 0 Å². The van der Waals surface area contributed by atoms with Crippen LogP contribution in [-0.4, -0.2) is 24.4 Å². The van der Waals surface area contributed by atoms with Crippen LogP contribution in [0.3, 0.4) is 0 Å². The summed E-state index contributed by atoms with van der Waals surface area (Å²) >= 11 is 0. The molecule has 0 aliphatic carbocycles. The fraction of sp³-hybridized carbons (Fsp3) is 0.750. The van der Waals surface area contributed by atoms with Gasteiger partial charge in [0.05, 0.1) is 11.2 Å². The molecule has 0 unspecified atom stereocenters. The number of rotatable bonds is 10. The quantitative estimate of drug-likeness (QED) is 0.328. The van der Waals surface area contributed by atoms with Crippen molar-refractivity contribution < 1.29 is 14.0 Å². The Morgan fingerprint density at radius 2 is 1.50 bits per heavy atom. The monoisotopic (exact) mass is 386 g/mol. The van der Waals surface area contributed by atoms with Gasteiger partial charge in [-0.15, -0.1) is 0 Å². The van der Waals surface area contributed by atoms with E-state index in [0.717, 1.165) is 24.9 Å². The summed E-state index contributed by atoms with van der Waals surface area (Å²) in [4.78, 5) is 0. The van der Waals surface area contributed by atoms with Gasteiger partial charge in [0, 0.05) is 11.5 Å². The zero-order valence-electron chi connectivity index (χ0n) is 18.6. The van der Waals surface area contributed by atoms with Crippen molar-refractivity contribution in [2.75, 3.05) is 0 Å². The molecule has 4 heteroatoms. The standard InChI is InChI=1S/C24H39BO3/c1-6-7-8-9-10-11-15-22-20(19-14-12-13-16-21(19)26-22)17-18-25-27-23(2,3)24(4,5)28-25/h12-14,16,20,22H,6-11,15,17-18H2,1-5H3/t20-,22+/m1/s1. The highest BCUT2D eigenvalue weighted by Crippen LogP contribution is 2.44. The largest absolute Gasteiger partial charge is 0.489 e. The van der Waals surface area contributed by atoms with Gasteiger partial charge in [0.15, 0.2) is 0 Å². The second-order valence-electron chi connectivity index (χ2n) is 9.62. The first-order valence-electron chi connectivity index (χ1n) is 11.5. The summed E-state index contributed by atoms with van der Waals surface area (Å²) in [5.74, 6) is 1.53. The Balaban J connectivity index is 1.55. The summed E-state index contributed by atoms with van der Waals surface area (Å²) in [7, 11) is -0.118. The Bertz CT molecular complexity index is 612. The Labute approximate surface area is 172 Å². The second-order valence-corrected chi connectivity index (χ2v) is 9.62. The van der Waals surface area contributed by atoms with Gasteiger partial charge in [0.1, 0.15) is 11.9 Å². The molecule has 0 aromatic heterocycles. The van der Waals surface area contributed by atoms with Gasteiger partial charge in [-0.3, -0.25) is 0 Å². The lowest BCUT2D eigenvalue weighted by atomic mass is 9.76. The first-order chi connectivity index (χ1) is 13.3. The molecular weight excluding hydrogens is 347 g/mol. The molecule has 2 atom stereocenters. The maximum Gasteiger partial charge on any atom is 0.457 e. The molecule has 0 amide bonds. The Hall–Kier alpha value is -0.995. The highest BCUT2D eigenvalue weighted by Gasteiger charge is 2.51. The van der Waals surface area contributed by atoms with Gasteiger partial charge in [0.2, 0.25) is 0 Å².